The molecule has 1 aromatic heterocycles. The molecule has 1 aromatic carbocycles. The van der Waals surface area contributed by atoms with E-state index in [1.807, 2.05) is 0 Å². The third-order valence-electron chi connectivity index (χ3n) is 2.08. The quantitative estimate of drug-likeness (QED) is 0.688. The van der Waals surface area contributed by atoms with Gasteiger partial charge >= 0.3 is 0 Å². The second kappa shape index (κ2) is 5.84. The van der Waals surface area contributed by atoms with Crippen LogP contribution in [0.2, 0.25) is 5.02 Å². The average molecular weight is 280 g/mol. The van der Waals surface area contributed by atoms with Crippen LogP contribution in [-0.4, -0.2) is 26.0 Å². The highest BCUT2D eigenvalue weighted by atomic mass is 35.5. The van der Waals surface area contributed by atoms with Crippen molar-refractivity contribution >= 4 is 23.4 Å². The van der Waals surface area contributed by atoms with Crippen LogP contribution in [0.25, 0.3) is 11.3 Å². The van der Waals surface area contributed by atoms with Crippen molar-refractivity contribution in [1.29, 1.82) is 0 Å². The Bertz CT molecular complexity index is 577. The third kappa shape index (κ3) is 3.00. The van der Waals surface area contributed by atoms with Gasteiger partial charge in [-0.05, 0) is 12.1 Å². The Balaban J connectivity index is 2.32. The summed E-state index contributed by atoms with van der Waals surface area (Å²) in [5.74, 6) is 0.510. The van der Waals surface area contributed by atoms with Crippen LogP contribution in [0, 0.1) is 0 Å². The lowest BCUT2D eigenvalue weighted by Gasteiger charge is -2.03. The van der Waals surface area contributed by atoms with Gasteiger partial charge < -0.3 is 5.11 Å². The molecule has 0 spiro atoms. The Labute approximate surface area is 114 Å². The number of thioether (sulfide) groups is 1. The van der Waals surface area contributed by atoms with Gasteiger partial charge in [-0.1, -0.05) is 41.6 Å². The fourth-order valence-electron chi connectivity index (χ4n) is 1.32. The Morgan fingerprint density at radius 1 is 1.39 bits per heavy atom. The molecule has 0 bridgehead atoms. The number of hydrogen-bond acceptors (Lipinski definition) is 5. The van der Waals surface area contributed by atoms with Crippen molar-refractivity contribution in [3.63, 3.8) is 0 Å². The minimum atomic E-state index is -0.154. The van der Waals surface area contributed by atoms with E-state index in [1.54, 1.807) is 30.3 Å². The zero-order valence-electron chi connectivity index (χ0n) is 9.38. The first kappa shape index (κ1) is 12.9. The average Bonchev–Trinajstić information content (AvgIpc) is 2.36. The number of benzene rings is 1. The first-order chi connectivity index (χ1) is 8.70. The van der Waals surface area contributed by atoms with Crippen molar-refractivity contribution in [2.45, 2.75) is 5.16 Å². The maximum atomic E-state index is 9.84. The van der Waals surface area contributed by atoms with Gasteiger partial charge in [0.15, 0.2) is 5.69 Å². The Kier molecular flexibility index (Phi) is 4.17. The van der Waals surface area contributed by atoms with Gasteiger partial charge in [-0.25, -0.2) is 0 Å². The van der Waals surface area contributed by atoms with Crippen LogP contribution in [-0.2, 0) is 0 Å². The van der Waals surface area contributed by atoms with Crippen LogP contribution in [0.4, 0.5) is 0 Å². The van der Waals surface area contributed by atoms with Crippen LogP contribution < -0.4 is 0 Å². The SMILES string of the molecule is C=CCSc1nnc(-c2cccc(Cl)c2)c(O)n1. The van der Waals surface area contributed by atoms with Crippen molar-refractivity contribution in [3.8, 4) is 17.1 Å². The van der Waals surface area contributed by atoms with E-state index in [-0.39, 0.29) is 5.88 Å². The monoisotopic (exact) mass is 279 g/mol. The molecule has 0 aliphatic heterocycles. The number of rotatable bonds is 4. The second-order valence-corrected chi connectivity index (χ2v) is 4.80. The zero-order chi connectivity index (χ0) is 13.0. The highest BCUT2D eigenvalue weighted by molar-refractivity contribution is 7.99. The summed E-state index contributed by atoms with van der Waals surface area (Å²) >= 11 is 7.23. The maximum Gasteiger partial charge on any atom is 0.242 e. The highest BCUT2D eigenvalue weighted by Gasteiger charge is 2.10. The van der Waals surface area contributed by atoms with Crippen LogP contribution >= 0.6 is 23.4 Å². The van der Waals surface area contributed by atoms with Crippen LogP contribution in [0.5, 0.6) is 5.88 Å². The molecular formula is C12H10ClN3OS. The first-order valence-electron chi connectivity index (χ1n) is 5.14. The molecule has 0 radical (unpaired) electrons. The Morgan fingerprint density at radius 3 is 2.89 bits per heavy atom. The van der Waals surface area contributed by atoms with E-state index >= 15 is 0 Å². The van der Waals surface area contributed by atoms with Gasteiger partial charge in [-0.3, -0.25) is 0 Å². The van der Waals surface area contributed by atoms with Crippen molar-refractivity contribution in [1.82, 2.24) is 15.2 Å². The minimum absolute atomic E-state index is 0.154. The van der Waals surface area contributed by atoms with E-state index in [0.717, 1.165) is 0 Å². The van der Waals surface area contributed by atoms with Crippen LogP contribution in [0.1, 0.15) is 0 Å². The standard InChI is InChI=1S/C12H10ClN3OS/c1-2-6-18-12-14-11(17)10(15-16-12)8-4-3-5-9(13)7-8/h2-5,7H,1,6H2,(H,14,16,17). The zero-order valence-corrected chi connectivity index (χ0v) is 10.9. The predicted octanol–water partition coefficient (Wildman–Crippen LogP) is 3.18. The van der Waals surface area contributed by atoms with Crippen LogP contribution in [0.15, 0.2) is 42.1 Å². The minimum Gasteiger partial charge on any atom is -0.492 e. The van der Waals surface area contributed by atoms with E-state index in [4.69, 9.17) is 11.6 Å². The van der Waals surface area contributed by atoms with Gasteiger partial charge in [0.2, 0.25) is 11.0 Å². The van der Waals surface area contributed by atoms with Gasteiger partial charge in [0.25, 0.3) is 0 Å². The summed E-state index contributed by atoms with van der Waals surface area (Å²) in [6, 6.07) is 7.01. The van der Waals surface area contributed by atoms with E-state index in [0.29, 0.717) is 27.2 Å². The summed E-state index contributed by atoms with van der Waals surface area (Å²) < 4.78 is 0. The van der Waals surface area contributed by atoms with Crippen molar-refractivity contribution < 1.29 is 5.11 Å². The van der Waals surface area contributed by atoms with Crippen LogP contribution in [0.3, 0.4) is 0 Å². The summed E-state index contributed by atoms with van der Waals surface area (Å²) in [5, 5.41) is 18.7. The molecule has 0 unspecified atom stereocenters. The summed E-state index contributed by atoms with van der Waals surface area (Å²) in [6.45, 7) is 3.60. The lowest BCUT2D eigenvalue weighted by molar-refractivity contribution is 0.442. The van der Waals surface area contributed by atoms with Gasteiger partial charge in [0, 0.05) is 16.3 Å². The number of hydrogen-bond donors (Lipinski definition) is 1. The van der Waals surface area contributed by atoms with E-state index in [9.17, 15) is 5.11 Å². The predicted molar refractivity (Wildman–Crippen MR) is 72.9 cm³/mol. The molecule has 18 heavy (non-hydrogen) atoms. The summed E-state index contributed by atoms with van der Waals surface area (Å²) in [6.07, 6.45) is 1.73. The molecule has 1 heterocycles. The lowest BCUT2D eigenvalue weighted by atomic mass is 10.1. The molecule has 1 N–H and O–H groups in total. The molecule has 0 aliphatic carbocycles. The van der Waals surface area contributed by atoms with E-state index in [1.165, 1.54) is 11.8 Å². The third-order valence-corrected chi connectivity index (χ3v) is 3.15. The molecule has 0 saturated heterocycles. The van der Waals surface area contributed by atoms with Crippen molar-refractivity contribution in [2.75, 3.05) is 5.75 Å². The first-order valence-corrected chi connectivity index (χ1v) is 6.50. The van der Waals surface area contributed by atoms with Gasteiger partial charge in [-0.2, -0.15) is 4.98 Å². The second-order valence-electron chi connectivity index (χ2n) is 3.38. The molecule has 92 valence electrons. The fourth-order valence-corrected chi connectivity index (χ4v) is 2.03. The smallest absolute Gasteiger partial charge is 0.242 e. The normalized spacial score (nSPS) is 10.3. The van der Waals surface area contributed by atoms with Gasteiger partial charge in [0.1, 0.15) is 0 Å². The molecule has 0 atom stereocenters. The number of aromatic hydroxyl groups is 1. The number of halogens is 1. The van der Waals surface area contributed by atoms with Crippen molar-refractivity contribution in [3.05, 3.63) is 41.9 Å². The largest absolute Gasteiger partial charge is 0.492 e. The number of nitrogens with zero attached hydrogens (tertiary/aromatic N) is 3. The Hall–Kier alpha value is -1.59. The molecule has 0 aliphatic rings. The maximum absolute atomic E-state index is 9.84. The molecule has 4 nitrogen and oxygen atoms in total. The van der Waals surface area contributed by atoms with E-state index in [2.05, 4.69) is 21.8 Å². The van der Waals surface area contributed by atoms with E-state index < -0.39 is 0 Å². The molecule has 0 amide bonds. The number of aromatic nitrogens is 3. The summed E-state index contributed by atoms with van der Waals surface area (Å²) in [5.41, 5.74) is 1.00. The summed E-state index contributed by atoms with van der Waals surface area (Å²) in [4.78, 5) is 3.97. The molecule has 0 fully saturated rings. The molecule has 0 saturated carbocycles. The molecule has 6 heteroatoms. The molecule has 2 rings (SSSR count). The van der Waals surface area contributed by atoms with Crippen molar-refractivity contribution in [2.24, 2.45) is 0 Å². The summed E-state index contributed by atoms with van der Waals surface area (Å²) in [7, 11) is 0. The lowest BCUT2D eigenvalue weighted by Crippen LogP contribution is -1.95. The fraction of sp³-hybridized carbons (Fsp3) is 0.0833. The van der Waals surface area contributed by atoms with Gasteiger partial charge in [-0.15, -0.1) is 16.8 Å². The molecule has 2 aromatic rings. The topological polar surface area (TPSA) is 58.9 Å². The highest BCUT2D eigenvalue weighted by Crippen LogP contribution is 2.27. The van der Waals surface area contributed by atoms with Gasteiger partial charge in [0.05, 0.1) is 0 Å². The molecular weight excluding hydrogens is 270 g/mol. The Morgan fingerprint density at radius 2 is 2.22 bits per heavy atom.